The maximum Gasteiger partial charge on any atom is 0.146 e. The van der Waals surface area contributed by atoms with Crippen molar-refractivity contribution in [3.05, 3.63) is 0 Å². The molecule has 0 aromatic rings. The maximum atomic E-state index is 4.85. The molecule has 0 heterocycles. The van der Waals surface area contributed by atoms with Crippen LogP contribution >= 0.6 is 0 Å². The fraction of sp³-hybridized carbons (Fsp3) is 1.00. The molecule has 0 spiro atoms. The van der Waals surface area contributed by atoms with Crippen LogP contribution in [0, 0.1) is 0 Å². The molecule has 3 heteroatoms. The van der Waals surface area contributed by atoms with Crippen molar-refractivity contribution in [3.8, 4) is 0 Å². The normalized spacial score (nSPS) is 8.25. The van der Waals surface area contributed by atoms with E-state index in [4.69, 9.17) is 9.47 Å². The molecular formula is C5H12LiO2. The molecule has 0 aromatic carbocycles. The standard InChI is InChI=1S/C5H12O2.Li/c1-3-6-5-7-4-2;/h3-5H2,1-2H3;. The molecule has 0 fully saturated rings. The van der Waals surface area contributed by atoms with Gasteiger partial charge in [-0.2, -0.15) is 0 Å². The van der Waals surface area contributed by atoms with Gasteiger partial charge in [0, 0.05) is 32.1 Å². The molecule has 1 radical (unpaired) electrons. The molecule has 0 aliphatic rings. The van der Waals surface area contributed by atoms with Gasteiger partial charge in [0.1, 0.15) is 6.79 Å². The van der Waals surface area contributed by atoms with Crippen molar-refractivity contribution < 1.29 is 9.47 Å². The van der Waals surface area contributed by atoms with Crippen LogP contribution in [0.2, 0.25) is 0 Å². The summed E-state index contributed by atoms with van der Waals surface area (Å²) in [4.78, 5) is 0. The Balaban J connectivity index is 0. The van der Waals surface area contributed by atoms with Gasteiger partial charge in [0.2, 0.25) is 0 Å². The van der Waals surface area contributed by atoms with Crippen molar-refractivity contribution >= 4 is 18.9 Å². The molecule has 0 amide bonds. The molecule has 0 unspecified atom stereocenters. The van der Waals surface area contributed by atoms with Crippen molar-refractivity contribution in [3.63, 3.8) is 0 Å². The molecule has 2 nitrogen and oxygen atoms in total. The molecule has 0 bridgehead atoms. The number of ether oxygens (including phenoxy) is 2. The predicted molar refractivity (Wildman–Crippen MR) is 33.9 cm³/mol. The van der Waals surface area contributed by atoms with E-state index in [-0.39, 0.29) is 18.9 Å². The van der Waals surface area contributed by atoms with E-state index < -0.39 is 0 Å². The summed E-state index contributed by atoms with van der Waals surface area (Å²) in [6.45, 7) is 5.80. The van der Waals surface area contributed by atoms with Crippen molar-refractivity contribution in [2.24, 2.45) is 0 Å². The molecule has 45 valence electrons. The Morgan fingerprint density at radius 3 is 1.62 bits per heavy atom. The van der Waals surface area contributed by atoms with Gasteiger partial charge in [0.15, 0.2) is 0 Å². The van der Waals surface area contributed by atoms with Crippen LogP contribution in [0.1, 0.15) is 13.8 Å². The molecule has 0 aliphatic carbocycles. The minimum absolute atomic E-state index is 0. The Hall–Kier alpha value is 0.517. The van der Waals surface area contributed by atoms with Gasteiger partial charge in [-0.15, -0.1) is 0 Å². The summed E-state index contributed by atoms with van der Waals surface area (Å²) in [6, 6.07) is 0. The first kappa shape index (κ1) is 11.3. The Morgan fingerprint density at radius 1 is 1.00 bits per heavy atom. The summed E-state index contributed by atoms with van der Waals surface area (Å²) in [7, 11) is 0. The predicted octanol–water partition coefficient (Wildman–Crippen LogP) is 0.636. The van der Waals surface area contributed by atoms with E-state index in [2.05, 4.69) is 0 Å². The van der Waals surface area contributed by atoms with E-state index in [0.29, 0.717) is 6.79 Å². The van der Waals surface area contributed by atoms with Gasteiger partial charge in [0.25, 0.3) is 0 Å². The Kier molecular flexibility index (Phi) is 14.9. The van der Waals surface area contributed by atoms with Crippen LogP contribution in [-0.4, -0.2) is 38.9 Å². The topological polar surface area (TPSA) is 18.5 Å². The van der Waals surface area contributed by atoms with Gasteiger partial charge in [0.05, 0.1) is 0 Å². The molecule has 0 rings (SSSR count). The zero-order chi connectivity index (χ0) is 5.54. The van der Waals surface area contributed by atoms with Gasteiger partial charge in [-0.3, -0.25) is 0 Å². The molecule has 0 aromatic heterocycles. The van der Waals surface area contributed by atoms with Gasteiger partial charge in [-0.05, 0) is 13.8 Å². The zero-order valence-corrected chi connectivity index (χ0v) is 5.94. The summed E-state index contributed by atoms with van der Waals surface area (Å²) >= 11 is 0. The molecular weight excluding hydrogens is 99.0 g/mol. The van der Waals surface area contributed by atoms with Gasteiger partial charge in [-0.1, -0.05) is 0 Å². The second kappa shape index (κ2) is 10.5. The molecule has 0 N–H and O–H groups in total. The fourth-order valence-electron chi connectivity index (χ4n) is 0.226. The van der Waals surface area contributed by atoms with Crippen LogP contribution in [0.4, 0.5) is 0 Å². The van der Waals surface area contributed by atoms with Gasteiger partial charge in [-0.25, -0.2) is 0 Å². The quantitative estimate of drug-likeness (QED) is 0.301. The minimum Gasteiger partial charge on any atom is -0.356 e. The molecule has 8 heavy (non-hydrogen) atoms. The van der Waals surface area contributed by atoms with Crippen molar-refractivity contribution in [2.45, 2.75) is 13.8 Å². The molecule has 0 aliphatic heterocycles. The number of hydrogen-bond acceptors (Lipinski definition) is 2. The summed E-state index contributed by atoms with van der Waals surface area (Å²) in [6.07, 6.45) is 0. The Bertz CT molecular complexity index is 29.6. The second-order valence-electron chi connectivity index (χ2n) is 1.10. The van der Waals surface area contributed by atoms with E-state index in [9.17, 15) is 0 Å². The summed E-state index contributed by atoms with van der Waals surface area (Å²) in [5.41, 5.74) is 0. The molecule has 0 saturated heterocycles. The largest absolute Gasteiger partial charge is 0.356 e. The summed E-state index contributed by atoms with van der Waals surface area (Å²) in [5.74, 6) is 0. The first-order valence-corrected chi connectivity index (χ1v) is 2.57. The third-order valence-electron chi connectivity index (χ3n) is 0.575. The SMILES string of the molecule is CCOCOCC.[Li]. The fourth-order valence-corrected chi connectivity index (χ4v) is 0.226. The van der Waals surface area contributed by atoms with E-state index in [1.807, 2.05) is 13.8 Å². The maximum absolute atomic E-state index is 4.85. The van der Waals surface area contributed by atoms with Gasteiger partial charge < -0.3 is 9.47 Å². The summed E-state index contributed by atoms with van der Waals surface area (Å²) in [5, 5.41) is 0. The van der Waals surface area contributed by atoms with Crippen LogP contribution in [0.15, 0.2) is 0 Å². The van der Waals surface area contributed by atoms with Crippen LogP contribution in [0.5, 0.6) is 0 Å². The van der Waals surface area contributed by atoms with E-state index >= 15 is 0 Å². The minimum atomic E-state index is 0. The van der Waals surface area contributed by atoms with Crippen LogP contribution in [-0.2, 0) is 9.47 Å². The monoisotopic (exact) mass is 111 g/mol. The number of hydrogen-bond donors (Lipinski definition) is 0. The third-order valence-corrected chi connectivity index (χ3v) is 0.575. The van der Waals surface area contributed by atoms with Crippen molar-refractivity contribution in [1.82, 2.24) is 0 Å². The first-order chi connectivity index (χ1) is 3.41. The van der Waals surface area contributed by atoms with Crippen molar-refractivity contribution in [2.75, 3.05) is 20.0 Å². The molecule has 0 atom stereocenters. The Labute approximate surface area is 62.7 Å². The van der Waals surface area contributed by atoms with Crippen LogP contribution in [0.3, 0.4) is 0 Å². The van der Waals surface area contributed by atoms with E-state index in [0.717, 1.165) is 13.2 Å². The van der Waals surface area contributed by atoms with Gasteiger partial charge >= 0.3 is 0 Å². The average Bonchev–Trinajstić information content (AvgIpc) is 1.69. The Morgan fingerprint density at radius 2 is 1.38 bits per heavy atom. The van der Waals surface area contributed by atoms with Crippen LogP contribution < -0.4 is 0 Å². The zero-order valence-electron chi connectivity index (χ0n) is 5.94. The van der Waals surface area contributed by atoms with E-state index in [1.165, 1.54) is 0 Å². The molecule has 0 saturated carbocycles. The van der Waals surface area contributed by atoms with E-state index in [1.54, 1.807) is 0 Å². The first-order valence-electron chi connectivity index (χ1n) is 2.57. The number of rotatable bonds is 4. The summed E-state index contributed by atoms with van der Waals surface area (Å²) < 4.78 is 9.70. The van der Waals surface area contributed by atoms with Crippen molar-refractivity contribution in [1.29, 1.82) is 0 Å². The second-order valence-corrected chi connectivity index (χ2v) is 1.10. The average molecular weight is 111 g/mol. The smallest absolute Gasteiger partial charge is 0.146 e. The van der Waals surface area contributed by atoms with Crippen LogP contribution in [0.25, 0.3) is 0 Å². The third kappa shape index (κ3) is 9.72.